The van der Waals surface area contributed by atoms with E-state index in [2.05, 4.69) is 4.98 Å². The number of fused-ring (bicyclic) bond motifs is 1. The Bertz CT molecular complexity index is 1390. The van der Waals surface area contributed by atoms with Crippen LogP contribution in [0.15, 0.2) is 82.7 Å². The normalized spacial score (nSPS) is 11.3. The van der Waals surface area contributed by atoms with E-state index < -0.39 is 21.5 Å². The first-order valence-electron chi connectivity index (χ1n) is 8.50. The smallest absolute Gasteiger partial charge is 0.223 e. The fraction of sp³-hybridized carbons (Fsp3) is 0. The predicted octanol–water partition coefficient (Wildman–Crippen LogP) is 4.88. The molecular formula is C22H12F2N2O2S. The van der Waals surface area contributed by atoms with Crippen molar-refractivity contribution in [2.45, 2.75) is 9.92 Å². The lowest BCUT2D eigenvalue weighted by Crippen LogP contribution is -2.06. The van der Waals surface area contributed by atoms with E-state index in [1.54, 1.807) is 42.5 Å². The Labute approximate surface area is 165 Å². The van der Waals surface area contributed by atoms with Gasteiger partial charge < -0.3 is 0 Å². The van der Waals surface area contributed by atoms with Gasteiger partial charge in [0.05, 0.1) is 16.0 Å². The van der Waals surface area contributed by atoms with Crippen LogP contribution in [0.2, 0.25) is 0 Å². The van der Waals surface area contributed by atoms with Crippen LogP contribution in [0.1, 0.15) is 5.56 Å². The first-order chi connectivity index (χ1) is 13.9. The molecule has 0 fully saturated rings. The average molecular weight is 406 g/mol. The van der Waals surface area contributed by atoms with Gasteiger partial charge in [-0.25, -0.2) is 22.2 Å². The zero-order chi connectivity index (χ0) is 20.6. The summed E-state index contributed by atoms with van der Waals surface area (Å²) < 4.78 is 53.2. The highest BCUT2D eigenvalue weighted by Gasteiger charge is 2.23. The second-order valence-corrected chi connectivity index (χ2v) is 8.19. The molecule has 7 heteroatoms. The maximum atomic E-state index is 13.6. The Morgan fingerprint density at radius 2 is 1.62 bits per heavy atom. The van der Waals surface area contributed by atoms with Crippen molar-refractivity contribution in [1.29, 1.82) is 5.26 Å². The molecule has 0 N–H and O–H groups in total. The lowest BCUT2D eigenvalue weighted by Gasteiger charge is -2.11. The van der Waals surface area contributed by atoms with Crippen LogP contribution < -0.4 is 0 Å². The van der Waals surface area contributed by atoms with Gasteiger partial charge in [-0.05, 0) is 53.6 Å². The largest absolute Gasteiger partial charge is 0.236 e. The van der Waals surface area contributed by atoms with Crippen LogP contribution in [0.4, 0.5) is 8.78 Å². The van der Waals surface area contributed by atoms with E-state index in [0.717, 1.165) is 18.2 Å². The number of hydrogen-bond donors (Lipinski definition) is 0. The lowest BCUT2D eigenvalue weighted by atomic mass is 10.0. The van der Waals surface area contributed by atoms with Crippen molar-refractivity contribution < 1.29 is 17.2 Å². The van der Waals surface area contributed by atoms with Gasteiger partial charge in [-0.15, -0.1) is 0 Å². The Kier molecular flexibility index (Phi) is 4.57. The van der Waals surface area contributed by atoms with Gasteiger partial charge in [0.2, 0.25) is 9.84 Å². The molecule has 1 aromatic heterocycles. The molecule has 0 saturated heterocycles. The van der Waals surface area contributed by atoms with Gasteiger partial charge in [0.1, 0.15) is 17.7 Å². The third-order valence-electron chi connectivity index (χ3n) is 4.49. The van der Waals surface area contributed by atoms with Crippen molar-refractivity contribution in [1.82, 2.24) is 4.98 Å². The molecule has 4 aromatic rings. The maximum Gasteiger partial charge on any atom is 0.223 e. The summed E-state index contributed by atoms with van der Waals surface area (Å²) in [6, 6.07) is 18.7. The van der Waals surface area contributed by atoms with Crippen LogP contribution in [-0.2, 0) is 9.84 Å². The van der Waals surface area contributed by atoms with Gasteiger partial charge >= 0.3 is 0 Å². The Morgan fingerprint density at radius 1 is 0.897 bits per heavy atom. The van der Waals surface area contributed by atoms with Gasteiger partial charge in [-0.1, -0.05) is 30.3 Å². The molecule has 0 aliphatic heterocycles. The van der Waals surface area contributed by atoms with E-state index in [1.807, 2.05) is 0 Å². The van der Waals surface area contributed by atoms with Crippen molar-refractivity contribution >= 4 is 20.7 Å². The monoisotopic (exact) mass is 406 g/mol. The molecule has 3 aromatic carbocycles. The van der Waals surface area contributed by atoms with E-state index in [1.165, 1.54) is 18.2 Å². The Hall–Kier alpha value is -3.63. The molecule has 0 aliphatic carbocycles. The SMILES string of the molecule is N#Cc1cc(S(=O)(=O)c2cc(-c3ccc(F)cc3)c3ccccc3n2)ccc1F. The van der Waals surface area contributed by atoms with Gasteiger partial charge in [0.15, 0.2) is 5.03 Å². The predicted molar refractivity (Wildman–Crippen MR) is 104 cm³/mol. The van der Waals surface area contributed by atoms with Crippen LogP contribution in [0, 0.1) is 23.0 Å². The maximum absolute atomic E-state index is 13.6. The summed E-state index contributed by atoms with van der Waals surface area (Å²) in [7, 11) is -4.12. The molecule has 0 saturated carbocycles. The molecule has 0 aliphatic rings. The zero-order valence-corrected chi connectivity index (χ0v) is 15.6. The van der Waals surface area contributed by atoms with Crippen molar-refractivity contribution in [3.63, 3.8) is 0 Å². The summed E-state index contributed by atoms with van der Waals surface area (Å²) in [5.41, 5.74) is 1.26. The summed E-state index contributed by atoms with van der Waals surface area (Å²) >= 11 is 0. The number of sulfone groups is 1. The van der Waals surface area contributed by atoms with Gasteiger partial charge in [0, 0.05) is 5.39 Å². The third-order valence-corrected chi connectivity index (χ3v) is 6.13. The van der Waals surface area contributed by atoms with Gasteiger partial charge in [0.25, 0.3) is 0 Å². The minimum atomic E-state index is -4.12. The minimum Gasteiger partial charge on any atom is -0.236 e. The molecule has 1 heterocycles. The summed E-state index contributed by atoms with van der Waals surface area (Å²) in [5.74, 6) is -1.21. The van der Waals surface area contributed by atoms with Crippen molar-refractivity contribution in [2.24, 2.45) is 0 Å². The molecule has 0 spiro atoms. The van der Waals surface area contributed by atoms with Crippen LogP contribution in [-0.4, -0.2) is 13.4 Å². The van der Waals surface area contributed by atoms with Crippen LogP contribution in [0.25, 0.3) is 22.0 Å². The summed E-state index contributed by atoms with van der Waals surface area (Å²) in [6.07, 6.45) is 0. The average Bonchev–Trinajstić information content (AvgIpc) is 2.73. The van der Waals surface area contributed by atoms with E-state index in [4.69, 9.17) is 5.26 Å². The molecule has 0 unspecified atom stereocenters. The summed E-state index contributed by atoms with van der Waals surface area (Å²) in [6.45, 7) is 0. The number of halogens is 2. The topological polar surface area (TPSA) is 70.8 Å². The molecule has 0 amide bonds. The van der Waals surface area contributed by atoms with Crippen molar-refractivity contribution in [3.05, 3.63) is 90.0 Å². The van der Waals surface area contributed by atoms with Gasteiger partial charge in [-0.2, -0.15) is 5.26 Å². The first kappa shape index (κ1) is 18.7. The Balaban J connectivity index is 1.97. The molecule has 4 nitrogen and oxygen atoms in total. The molecule has 4 rings (SSSR count). The quantitative estimate of drug-likeness (QED) is 0.455. The molecule has 0 atom stereocenters. The van der Waals surface area contributed by atoms with E-state index >= 15 is 0 Å². The standard InChI is InChI=1S/C22H12F2N2O2S/c23-16-7-5-14(6-8-16)19-12-22(26-21-4-2-1-3-18(19)21)29(27,28)17-9-10-20(24)15(11-17)13-25/h1-12H. The number of hydrogen-bond acceptors (Lipinski definition) is 4. The molecule has 0 radical (unpaired) electrons. The van der Waals surface area contributed by atoms with E-state index in [-0.39, 0.29) is 15.5 Å². The van der Waals surface area contributed by atoms with E-state index in [0.29, 0.717) is 22.0 Å². The van der Waals surface area contributed by atoms with Crippen molar-refractivity contribution in [3.8, 4) is 17.2 Å². The third kappa shape index (κ3) is 3.35. The summed E-state index contributed by atoms with van der Waals surface area (Å²) in [4.78, 5) is 4.03. The number of aromatic nitrogens is 1. The van der Waals surface area contributed by atoms with Crippen LogP contribution >= 0.6 is 0 Å². The number of para-hydroxylation sites is 1. The highest BCUT2D eigenvalue weighted by Crippen LogP contribution is 2.32. The lowest BCUT2D eigenvalue weighted by molar-refractivity contribution is 0.591. The first-order valence-corrected chi connectivity index (χ1v) is 9.99. The Morgan fingerprint density at radius 3 is 2.34 bits per heavy atom. The summed E-state index contributed by atoms with van der Waals surface area (Å²) in [5, 5.41) is 9.46. The second-order valence-electron chi connectivity index (χ2n) is 6.29. The molecule has 29 heavy (non-hydrogen) atoms. The second kappa shape index (κ2) is 7.08. The van der Waals surface area contributed by atoms with Crippen molar-refractivity contribution in [2.75, 3.05) is 0 Å². The number of nitrogens with zero attached hydrogens (tertiary/aromatic N) is 2. The van der Waals surface area contributed by atoms with Crippen LogP contribution in [0.5, 0.6) is 0 Å². The fourth-order valence-electron chi connectivity index (χ4n) is 3.04. The number of pyridine rings is 1. The number of rotatable bonds is 3. The van der Waals surface area contributed by atoms with Gasteiger partial charge in [-0.3, -0.25) is 0 Å². The highest BCUT2D eigenvalue weighted by molar-refractivity contribution is 7.91. The minimum absolute atomic E-state index is 0.233. The molecule has 142 valence electrons. The fourth-order valence-corrected chi connectivity index (χ4v) is 4.29. The molecule has 0 bridgehead atoms. The highest BCUT2D eigenvalue weighted by atomic mass is 32.2. The van der Waals surface area contributed by atoms with Crippen LogP contribution in [0.3, 0.4) is 0 Å². The zero-order valence-electron chi connectivity index (χ0n) is 14.8. The molecular weight excluding hydrogens is 394 g/mol. The van der Waals surface area contributed by atoms with E-state index in [9.17, 15) is 17.2 Å². The number of nitriles is 1. The number of benzene rings is 3.